The van der Waals surface area contributed by atoms with Crippen molar-refractivity contribution in [2.45, 2.75) is 63.1 Å². The van der Waals surface area contributed by atoms with Crippen LogP contribution >= 0.6 is 0 Å². The summed E-state index contributed by atoms with van der Waals surface area (Å²) in [6, 6.07) is 3.88. The number of ether oxygens (including phenoxy) is 2. The molecule has 3 fully saturated rings. The molecule has 1 aromatic carbocycles. The largest absolute Gasteiger partial charge is 0.493 e. The fourth-order valence-corrected chi connectivity index (χ4v) is 4.35. The summed E-state index contributed by atoms with van der Waals surface area (Å²) in [5.41, 5.74) is 0.237. The summed E-state index contributed by atoms with van der Waals surface area (Å²) in [4.78, 5) is 50.1. The van der Waals surface area contributed by atoms with Gasteiger partial charge < -0.3 is 19.4 Å². The summed E-state index contributed by atoms with van der Waals surface area (Å²) in [5.74, 6) is 5.88. The third kappa shape index (κ3) is 5.44. The molecule has 1 heterocycles. The average molecular weight is 524 g/mol. The predicted molar refractivity (Wildman–Crippen MR) is 135 cm³/mol. The number of hydrogen-bond donors (Lipinski definition) is 1. The zero-order valence-electron chi connectivity index (χ0n) is 21.4. The number of anilines is 1. The highest BCUT2D eigenvalue weighted by molar-refractivity contribution is 5.99. The molecule has 0 bridgehead atoms. The highest BCUT2D eigenvalue weighted by Gasteiger charge is 2.37. The Morgan fingerprint density at radius 1 is 1.13 bits per heavy atom. The van der Waals surface area contributed by atoms with Gasteiger partial charge in [-0.2, -0.15) is 0 Å². The van der Waals surface area contributed by atoms with Crippen molar-refractivity contribution in [2.75, 3.05) is 25.6 Å². The number of benzene rings is 1. The summed E-state index contributed by atoms with van der Waals surface area (Å²) in [7, 11) is 3.12. The van der Waals surface area contributed by atoms with Gasteiger partial charge in [-0.15, -0.1) is 0 Å². The van der Waals surface area contributed by atoms with E-state index in [2.05, 4.69) is 21.8 Å². The van der Waals surface area contributed by atoms with Crippen LogP contribution < -0.4 is 14.4 Å². The van der Waals surface area contributed by atoms with Gasteiger partial charge in [0.25, 0.3) is 5.91 Å². The van der Waals surface area contributed by atoms with Crippen LogP contribution in [-0.2, 0) is 4.79 Å². The maximum atomic E-state index is 13.5. The van der Waals surface area contributed by atoms with Crippen LogP contribution in [0, 0.1) is 17.7 Å². The van der Waals surface area contributed by atoms with Crippen LogP contribution in [0.3, 0.4) is 0 Å². The van der Waals surface area contributed by atoms with Gasteiger partial charge in [0.15, 0.2) is 23.1 Å². The molecular weight excluding hydrogens is 493 g/mol. The van der Waals surface area contributed by atoms with Crippen LogP contribution in [0.15, 0.2) is 18.2 Å². The van der Waals surface area contributed by atoms with Gasteiger partial charge in [-0.3, -0.25) is 19.4 Å². The van der Waals surface area contributed by atoms with Crippen LogP contribution in [0.1, 0.15) is 61.3 Å². The molecule has 3 amide bonds. The van der Waals surface area contributed by atoms with Crippen molar-refractivity contribution < 1.29 is 28.2 Å². The molecule has 5 rings (SSSR count). The molecule has 2 aromatic rings. The molecule has 10 nitrogen and oxygen atoms in total. The quantitative estimate of drug-likeness (QED) is 0.399. The van der Waals surface area contributed by atoms with Crippen molar-refractivity contribution >= 4 is 24.2 Å². The summed E-state index contributed by atoms with van der Waals surface area (Å²) < 4.78 is 24.2. The zero-order valence-corrected chi connectivity index (χ0v) is 21.4. The highest BCUT2D eigenvalue weighted by Crippen LogP contribution is 2.34. The van der Waals surface area contributed by atoms with E-state index in [-0.39, 0.29) is 59.4 Å². The Labute approximate surface area is 220 Å². The van der Waals surface area contributed by atoms with E-state index in [0.29, 0.717) is 6.41 Å². The molecule has 0 atom stereocenters. The number of hydrogen-bond acceptors (Lipinski definition) is 6. The monoisotopic (exact) mass is 523 g/mol. The van der Waals surface area contributed by atoms with Gasteiger partial charge in [0.2, 0.25) is 6.41 Å². The fourth-order valence-electron chi connectivity index (χ4n) is 4.35. The zero-order chi connectivity index (χ0) is 26.8. The Kier molecular flexibility index (Phi) is 7.22. The molecule has 3 saturated carbocycles. The SMILES string of the molecule is COc1cc(F)ccc1OC(=O)N(CC#Cc1nc(N(C=O)C2CC2)c(C(=O)N(C)C2CC2)[nH]1)C1CCC1. The second-order valence-electron chi connectivity index (χ2n) is 9.85. The van der Waals surface area contributed by atoms with Crippen molar-refractivity contribution in [1.82, 2.24) is 19.8 Å². The first-order valence-electron chi connectivity index (χ1n) is 12.8. The molecule has 0 aliphatic heterocycles. The number of nitrogens with one attached hydrogen (secondary N) is 1. The standard InChI is InChI=1S/C27H30FN5O5/c1-31(18-9-10-18)26(35)24-25(33(16-34)20-11-12-20)30-23(29-24)7-4-14-32(19-5-3-6-19)27(36)38-21-13-8-17(28)15-22(21)37-2/h8,13,15-16,18-20H,3,5-6,9-12,14H2,1-2H3,(H,29,30). The van der Waals surface area contributed by atoms with E-state index in [0.717, 1.165) is 51.0 Å². The van der Waals surface area contributed by atoms with Gasteiger partial charge in [0, 0.05) is 31.2 Å². The van der Waals surface area contributed by atoms with E-state index < -0.39 is 11.9 Å². The smallest absolute Gasteiger partial charge is 0.416 e. The Morgan fingerprint density at radius 3 is 2.47 bits per heavy atom. The van der Waals surface area contributed by atoms with Gasteiger partial charge in [0.05, 0.1) is 13.7 Å². The number of carbonyl (C=O) groups is 3. The molecule has 0 radical (unpaired) electrons. The topological polar surface area (TPSA) is 108 Å². The molecule has 0 saturated heterocycles. The lowest BCUT2D eigenvalue weighted by Gasteiger charge is -2.35. The number of carbonyl (C=O) groups excluding carboxylic acids is 3. The summed E-state index contributed by atoms with van der Waals surface area (Å²) in [6.45, 7) is 0.0638. The lowest BCUT2D eigenvalue weighted by Crippen LogP contribution is -2.45. The van der Waals surface area contributed by atoms with Gasteiger partial charge in [-0.1, -0.05) is 5.92 Å². The van der Waals surface area contributed by atoms with Crippen LogP contribution in [0.4, 0.5) is 15.0 Å². The lowest BCUT2D eigenvalue weighted by molar-refractivity contribution is -0.107. The maximum absolute atomic E-state index is 13.5. The number of amides is 3. The molecule has 3 aliphatic carbocycles. The van der Waals surface area contributed by atoms with E-state index in [1.54, 1.807) is 11.9 Å². The average Bonchev–Trinajstić information content (AvgIpc) is 3.81. The molecular formula is C27H30FN5O5. The van der Waals surface area contributed by atoms with E-state index in [1.807, 2.05) is 0 Å². The first-order chi connectivity index (χ1) is 18.4. The van der Waals surface area contributed by atoms with Crippen LogP contribution in [0.25, 0.3) is 0 Å². The van der Waals surface area contributed by atoms with E-state index in [4.69, 9.17) is 9.47 Å². The molecule has 38 heavy (non-hydrogen) atoms. The molecule has 11 heteroatoms. The Bertz CT molecular complexity index is 1290. The van der Waals surface area contributed by atoms with Crippen molar-refractivity contribution in [3.8, 4) is 23.3 Å². The number of halogens is 1. The van der Waals surface area contributed by atoms with Crippen LogP contribution in [0.5, 0.6) is 11.5 Å². The van der Waals surface area contributed by atoms with Crippen LogP contribution in [0.2, 0.25) is 0 Å². The van der Waals surface area contributed by atoms with Gasteiger partial charge >= 0.3 is 6.09 Å². The number of H-pyrrole nitrogens is 1. The van der Waals surface area contributed by atoms with Crippen LogP contribution in [-0.4, -0.2) is 77.0 Å². The minimum atomic E-state index is -0.614. The second kappa shape index (κ2) is 10.7. The number of imidazole rings is 1. The molecule has 0 spiro atoms. The van der Waals surface area contributed by atoms with E-state index >= 15 is 0 Å². The molecule has 200 valence electrons. The van der Waals surface area contributed by atoms with Gasteiger partial charge in [-0.05, 0) is 63.0 Å². The number of rotatable bonds is 9. The first-order valence-corrected chi connectivity index (χ1v) is 12.8. The first kappa shape index (κ1) is 25.6. The van der Waals surface area contributed by atoms with E-state index in [1.165, 1.54) is 29.0 Å². The number of aromatic nitrogens is 2. The highest BCUT2D eigenvalue weighted by atomic mass is 19.1. The summed E-state index contributed by atoms with van der Waals surface area (Å²) in [5, 5.41) is 0. The molecule has 1 N–H and O–H groups in total. The van der Waals surface area contributed by atoms with E-state index in [9.17, 15) is 18.8 Å². The van der Waals surface area contributed by atoms with Gasteiger partial charge in [-0.25, -0.2) is 14.2 Å². The number of aromatic amines is 1. The molecule has 0 unspecified atom stereocenters. The van der Waals surface area contributed by atoms with Gasteiger partial charge in [0.1, 0.15) is 11.5 Å². The molecule has 3 aliphatic rings. The lowest BCUT2D eigenvalue weighted by atomic mass is 9.92. The molecule has 1 aromatic heterocycles. The number of methoxy groups -OCH3 is 1. The minimum Gasteiger partial charge on any atom is -0.493 e. The summed E-state index contributed by atoms with van der Waals surface area (Å²) >= 11 is 0. The Balaban J connectivity index is 1.35. The normalized spacial score (nSPS) is 16.5. The Morgan fingerprint density at radius 2 is 1.87 bits per heavy atom. The third-order valence-corrected chi connectivity index (χ3v) is 7.14. The van der Waals surface area contributed by atoms with Crippen molar-refractivity contribution in [1.29, 1.82) is 0 Å². The number of nitrogens with zero attached hydrogens (tertiary/aromatic N) is 4. The second-order valence-corrected chi connectivity index (χ2v) is 9.85. The Hall–Kier alpha value is -4.07. The third-order valence-electron chi connectivity index (χ3n) is 7.14. The van der Waals surface area contributed by atoms with Crippen molar-refractivity contribution in [3.63, 3.8) is 0 Å². The predicted octanol–water partition coefficient (Wildman–Crippen LogP) is 3.32. The minimum absolute atomic E-state index is 0.0276. The fraction of sp³-hybridized carbons (Fsp3) is 0.481. The maximum Gasteiger partial charge on any atom is 0.416 e. The van der Waals surface area contributed by atoms with Crippen molar-refractivity contribution in [2.24, 2.45) is 0 Å². The summed E-state index contributed by atoms with van der Waals surface area (Å²) in [6.07, 6.45) is 6.35. The van der Waals surface area contributed by atoms with Crippen molar-refractivity contribution in [3.05, 3.63) is 35.5 Å².